The third kappa shape index (κ3) is 5.68. The van der Waals surface area contributed by atoms with Gasteiger partial charge in [0, 0.05) is 18.7 Å². The highest BCUT2D eigenvalue weighted by Gasteiger charge is 2.14. The predicted octanol–water partition coefficient (Wildman–Crippen LogP) is 3.56. The molecule has 5 nitrogen and oxygen atoms in total. The van der Waals surface area contributed by atoms with Crippen molar-refractivity contribution in [2.24, 2.45) is 0 Å². The van der Waals surface area contributed by atoms with Gasteiger partial charge in [0.2, 0.25) is 15.9 Å². The molecule has 2 N–H and O–H groups in total. The molecule has 2 aromatic carbocycles. The van der Waals surface area contributed by atoms with Crippen molar-refractivity contribution in [1.82, 2.24) is 4.72 Å². The minimum atomic E-state index is -3.55. The van der Waals surface area contributed by atoms with Gasteiger partial charge in [-0.3, -0.25) is 4.79 Å². The number of carbonyl (C=O) groups is 1. The first-order valence-corrected chi connectivity index (χ1v) is 10.3. The molecule has 0 unspecified atom stereocenters. The first-order valence-electron chi connectivity index (χ1n) is 8.77. The molecule has 140 valence electrons. The van der Waals surface area contributed by atoms with Gasteiger partial charge < -0.3 is 5.32 Å². The molecule has 0 aliphatic rings. The molecule has 0 aliphatic heterocycles. The monoisotopic (exact) mass is 374 g/mol. The van der Waals surface area contributed by atoms with Crippen molar-refractivity contribution in [3.8, 4) is 0 Å². The average Bonchev–Trinajstić information content (AvgIpc) is 2.61. The molecule has 0 spiro atoms. The Morgan fingerprint density at radius 3 is 2.31 bits per heavy atom. The third-order valence-electron chi connectivity index (χ3n) is 4.31. The Labute approximate surface area is 155 Å². The van der Waals surface area contributed by atoms with E-state index in [1.54, 1.807) is 18.2 Å². The van der Waals surface area contributed by atoms with Crippen LogP contribution in [-0.4, -0.2) is 20.9 Å². The normalized spacial score (nSPS) is 11.3. The Bertz CT molecular complexity index is 859. The fraction of sp³-hybridized carbons (Fsp3) is 0.350. The Kier molecular flexibility index (Phi) is 6.94. The van der Waals surface area contributed by atoms with E-state index in [1.807, 2.05) is 38.1 Å². The molecule has 0 saturated heterocycles. The summed E-state index contributed by atoms with van der Waals surface area (Å²) < 4.78 is 27.1. The molecule has 0 aliphatic carbocycles. The quantitative estimate of drug-likeness (QED) is 0.694. The van der Waals surface area contributed by atoms with Crippen LogP contribution in [0.15, 0.2) is 47.4 Å². The molecule has 0 heterocycles. The Morgan fingerprint density at radius 1 is 1.00 bits per heavy atom. The van der Waals surface area contributed by atoms with E-state index in [0.29, 0.717) is 6.42 Å². The lowest BCUT2D eigenvalue weighted by Crippen LogP contribution is -2.26. The van der Waals surface area contributed by atoms with Gasteiger partial charge in [-0.1, -0.05) is 25.1 Å². The van der Waals surface area contributed by atoms with Crippen LogP contribution in [0.4, 0.5) is 5.69 Å². The summed E-state index contributed by atoms with van der Waals surface area (Å²) >= 11 is 0. The van der Waals surface area contributed by atoms with Crippen LogP contribution in [0.5, 0.6) is 0 Å². The van der Waals surface area contributed by atoms with Gasteiger partial charge in [-0.15, -0.1) is 0 Å². The smallest absolute Gasteiger partial charge is 0.240 e. The minimum Gasteiger partial charge on any atom is -0.326 e. The van der Waals surface area contributed by atoms with Crippen LogP contribution >= 0.6 is 0 Å². The summed E-state index contributed by atoms with van der Waals surface area (Å²) in [5.74, 6) is -0.125. The zero-order valence-electron chi connectivity index (χ0n) is 15.5. The fourth-order valence-electron chi connectivity index (χ4n) is 2.47. The number of rotatable bonds is 8. The summed E-state index contributed by atoms with van der Waals surface area (Å²) in [5.41, 5.74) is 3.94. The number of carbonyl (C=O) groups excluding carboxylic acids is 1. The Morgan fingerprint density at radius 2 is 1.69 bits per heavy atom. The molecule has 0 radical (unpaired) electrons. The highest BCUT2D eigenvalue weighted by Crippen LogP contribution is 2.15. The van der Waals surface area contributed by atoms with Gasteiger partial charge in [-0.05, 0) is 67.6 Å². The maximum atomic E-state index is 12.3. The summed E-state index contributed by atoms with van der Waals surface area (Å²) in [6.07, 6.45) is 1.64. The Hall–Kier alpha value is -2.18. The van der Waals surface area contributed by atoms with Crippen LogP contribution in [0.25, 0.3) is 0 Å². The molecule has 2 rings (SSSR count). The second-order valence-electron chi connectivity index (χ2n) is 6.35. The number of anilines is 1. The number of hydrogen-bond acceptors (Lipinski definition) is 3. The highest BCUT2D eigenvalue weighted by molar-refractivity contribution is 7.89. The van der Waals surface area contributed by atoms with Crippen molar-refractivity contribution in [3.63, 3.8) is 0 Å². The summed E-state index contributed by atoms with van der Waals surface area (Å²) in [7, 11) is -3.55. The Balaban J connectivity index is 1.79. The third-order valence-corrected chi connectivity index (χ3v) is 5.77. The van der Waals surface area contributed by atoms with E-state index in [-0.39, 0.29) is 23.8 Å². The number of amides is 1. The van der Waals surface area contributed by atoms with Gasteiger partial charge >= 0.3 is 0 Å². The lowest BCUT2D eigenvalue weighted by atomic mass is 10.1. The van der Waals surface area contributed by atoms with E-state index in [4.69, 9.17) is 0 Å². The second kappa shape index (κ2) is 8.96. The molecule has 0 atom stereocenters. The van der Waals surface area contributed by atoms with Crippen LogP contribution in [0, 0.1) is 13.8 Å². The molecule has 2 aromatic rings. The molecule has 1 amide bonds. The SMILES string of the molecule is CCc1ccc(NC(=O)CCCNS(=O)(=O)c2ccc(C)c(C)c2)cc1. The van der Waals surface area contributed by atoms with Gasteiger partial charge in [-0.2, -0.15) is 0 Å². The van der Waals surface area contributed by atoms with Gasteiger partial charge in [0.15, 0.2) is 0 Å². The molecular formula is C20H26N2O3S. The first kappa shape index (κ1) is 20.1. The molecule has 0 fully saturated rings. The molecule has 0 saturated carbocycles. The summed E-state index contributed by atoms with van der Waals surface area (Å²) in [6.45, 7) is 6.11. The number of benzene rings is 2. The van der Waals surface area contributed by atoms with Crippen molar-refractivity contribution in [1.29, 1.82) is 0 Å². The van der Waals surface area contributed by atoms with E-state index in [1.165, 1.54) is 5.56 Å². The van der Waals surface area contributed by atoms with Crippen molar-refractivity contribution >= 4 is 21.6 Å². The number of sulfonamides is 1. The largest absolute Gasteiger partial charge is 0.326 e. The highest BCUT2D eigenvalue weighted by atomic mass is 32.2. The summed E-state index contributed by atoms with van der Waals surface area (Å²) in [5, 5.41) is 2.82. The van der Waals surface area contributed by atoms with Gasteiger partial charge in [0.25, 0.3) is 0 Å². The zero-order chi connectivity index (χ0) is 19.2. The van der Waals surface area contributed by atoms with Gasteiger partial charge in [0.05, 0.1) is 4.90 Å². The maximum absolute atomic E-state index is 12.3. The van der Waals surface area contributed by atoms with Crippen LogP contribution in [0.1, 0.15) is 36.5 Å². The first-order chi connectivity index (χ1) is 12.3. The van der Waals surface area contributed by atoms with Gasteiger partial charge in [-0.25, -0.2) is 13.1 Å². The van der Waals surface area contributed by atoms with E-state index >= 15 is 0 Å². The van der Waals surface area contributed by atoms with E-state index in [9.17, 15) is 13.2 Å². The minimum absolute atomic E-state index is 0.125. The van der Waals surface area contributed by atoms with Crippen molar-refractivity contribution in [2.45, 2.75) is 44.9 Å². The standard InChI is InChI=1S/C20H26N2O3S/c1-4-17-8-10-18(11-9-17)22-20(23)6-5-13-21-26(24,25)19-12-7-15(2)16(3)14-19/h7-12,14,21H,4-6,13H2,1-3H3,(H,22,23). The topological polar surface area (TPSA) is 75.3 Å². The van der Waals surface area contributed by atoms with E-state index in [0.717, 1.165) is 23.2 Å². The van der Waals surface area contributed by atoms with Crippen molar-refractivity contribution in [3.05, 3.63) is 59.2 Å². The van der Waals surface area contributed by atoms with Crippen LogP contribution in [0.2, 0.25) is 0 Å². The summed E-state index contributed by atoms with van der Waals surface area (Å²) in [4.78, 5) is 12.2. The average molecular weight is 375 g/mol. The number of aryl methyl sites for hydroxylation is 3. The fourth-order valence-corrected chi connectivity index (χ4v) is 3.63. The zero-order valence-corrected chi connectivity index (χ0v) is 16.3. The molecule has 26 heavy (non-hydrogen) atoms. The van der Waals surface area contributed by atoms with E-state index in [2.05, 4.69) is 17.0 Å². The predicted molar refractivity (Wildman–Crippen MR) is 105 cm³/mol. The second-order valence-corrected chi connectivity index (χ2v) is 8.11. The number of nitrogens with one attached hydrogen (secondary N) is 2. The van der Waals surface area contributed by atoms with E-state index < -0.39 is 10.0 Å². The lowest BCUT2D eigenvalue weighted by molar-refractivity contribution is -0.116. The lowest BCUT2D eigenvalue weighted by Gasteiger charge is -2.09. The van der Waals surface area contributed by atoms with Crippen LogP contribution < -0.4 is 10.0 Å². The molecule has 6 heteroatoms. The van der Waals surface area contributed by atoms with Crippen LogP contribution in [-0.2, 0) is 21.2 Å². The molecule has 0 aromatic heterocycles. The molecular weight excluding hydrogens is 348 g/mol. The maximum Gasteiger partial charge on any atom is 0.240 e. The summed E-state index contributed by atoms with van der Waals surface area (Å²) in [6, 6.07) is 12.8. The number of hydrogen-bond donors (Lipinski definition) is 2. The molecule has 0 bridgehead atoms. The van der Waals surface area contributed by atoms with Gasteiger partial charge in [0.1, 0.15) is 0 Å². The van der Waals surface area contributed by atoms with Crippen molar-refractivity contribution in [2.75, 3.05) is 11.9 Å². The van der Waals surface area contributed by atoms with Crippen LogP contribution in [0.3, 0.4) is 0 Å². The van der Waals surface area contributed by atoms with Crippen molar-refractivity contribution < 1.29 is 13.2 Å².